The Labute approximate surface area is 172 Å². The molecular weight excluding hydrogens is 400 g/mol. The molecule has 0 spiro atoms. The molecule has 2 bridgehead atoms. The van der Waals surface area contributed by atoms with Crippen LogP contribution < -0.4 is 10.6 Å². The first-order valence-corrected chi connectivity index (χ1v) is 10.4. The molecule has 8 nitrogen and oxygen atoms in total. The number of anilines is 2. The van der Waals surface area contributed by atoms with Crippen molar-refractivity contribution in [2.24, 2.45) is 0 Å². The number of aromatic nitrogens is 3. The molecule has 28 heavy (non-hydrogen) atoms. The van der Waals surface area contributed by atoms with Gasteiger partial charge in [-0.25, -0.2) is 9.78 Å². The summed E-state index contributed by atoms with van der Waals surface area (Å²) in [4.78, 5) is 20.8. The van der Waals surface area contributed by atoms with Crippen molar-refractivity contribution in [2.45, 2.75) is 51.3 Å². The summed E-state index contributed by atoms with van der Waals surface area (Å²) in [5.41, 5.74) is 6.80. The monoisotopic (exact) mass is 422 g/mol. The quantitative estimate of drug-likeness (QED) is 0.740. The minimum absolute atomic E-state index is 0.128. The van der Waals surface area contributed by atoms with E-state index in [1.807, 2.05) is 25.7 Å². The first-order valence-electron chi connectivity index (χ1n) is 9.22. The van der Waals surface area contributed by atoms with E-state index in [0.29, 0.717) is 15.8 Å². The van der Waals surface area contributed by atoms with Gasteiger partial charge in [0, 0.05) is 25.0 Å². The number of fused-ring (bicyclic) bond motifs is 2. The Morgan fingerprint density at radius 3 is 2.57 bits per heavy atom. The average molecular weight is 423 g/mol. The van der Waals surface area contributed by atoms with Crippen LogP contribution in [0.2, 0.25) is 5.15 Å². The molecule has 4 rings (SSSR count). The predicted molar refractivity (Wildman–Crippen MR) is 110 cm³/mol. The highest BCUT2D eigenvalue weighted by Crippen LogP contribution is 2.37. The van der Waals surface area contributed by atoms with Crippen molar-refractivity contribution in [2.75, 3.05) is 23.7 Å². The van der Waals surface area contributed by atoms with Gasteiger partial charge < -0.3 is 15.4 Å². The van der Waals surface area contributed by atoms with Crippen LogP contribution in [-0.4, -0.2) is 56.9 Å². The second-order valence-electron chi connectivity index (χ2n) is 8.16. The SMILES string of the molecule is CC(C)(C)OC(=O)N1C2CCC1CN(c1nnc(-c3cnc(Cl)cc3N)s1)C2. The zero-order valence-electron chi connectivity index (χ0n) is 16.1. The molecule has 2 aliphatic heterocycles. The fraction of sp³-hybridized carbons (Fsp3) is 0.556. The minimum Gasteiger partial charge on any atom is -0.444 e. The molecule has 2 aromatic rings. The van der Waals surface area contributed by atoms with Gasteiger partial charge >= 0.3 is 6.09 Å². The number of nitrogens with two attached hydrogens (primary N) is 1. The molecule has 2 N–H and O–H groups in total. The lowest BCUT2D eigenvalue weighted by molar-refractivity contribution is 0.0123. The average Bonchev–Trinajstić information content (AvgIpc) is 3.16. The number of carbonyl (C=O) groups is 1. The van der Waals surface area contributed by atoms with Crippen molar-refractivity contribution in [1.29, 1.82) is 0 Å². The second kappa shape index (κ2) is 7.04. The molecule has 4 heterocycles. The van der Waals surface area contributed by atoms with E-state index in [1.165, 1.54) is 11.3 Å². The summed E-state index contributed by atoms with van der Waals surface area (Å²) < 4.78 is 5.60. The maximum absolute atomic E-state index is 12.6. The Balaban J connectivity index is 1.50. The molecule has 0 aliphatic carbocycles. The van der Waals surface area contributed by atoms with Gasteiger partial charge in [-0.3, -0.25) is 4.90 Å². The summed E-state index contributed by atoms with van der Waals surface area (Å²) in [6, 6.07) is 1.86. The van der Waals surface area contributed by atoms with Crippen molar-refractivity contribution in [3.05, 3.63) is 17.4 Å². The van der Waals surface area contributed by atoms with Crippen LogP contribution in [0.1, 0.15) is 33.6 Å². The summed E-state index contributed by atoms with van der Waals surface area (Å²) in [5.74, 6) is 0. The summed E-state index contributed by atoms with van der Waals surface area (Å²) in [5, 5.41) is 10.5. The van der Waals surface area contributed by atoms with Crippen molar-refractivity contribution >= 4 is 39.8 Å². The van der Waals surface area contributed by atoms with Crippen molar-refractivity contribution < 1.29 is 9.53 Å². The van der Waals surface area contributed by atoms with Crippen LogP contribution >= 0.6 is 22.9 Å². The van der Waals surface area contributed by atoms with E-state index in [0.717, 1.165) is 36.6 Å². The van der Waals surface area contributed by atoms with Crippen LogP contribution in [0.5, 0.6) is 0 Å². The lowest BCUT2D eigenvalue weighted by Crippen LogP contribution is -2.56. The number of nitrogens with zero attached hydrogens (tertiary/aromatic N) is 5. The Hall–Kier alpha value is -2.13. The van der Waals surface area contributed by atoms with Gasteiger partial charge in [0.15, 0.2) is 5.01 Å². The summed E-state index contributed by atoms with van der Waals surface area (Å²) >= 11 is 7.35. The van der Waals surface area contributed by atoms with Gasteiger partial charge in [0.25, 0.3) is 0 Å². The number of nitrogen functional groups attached to an aromatic ring is 1. The number of piperazine rings is 1. The van der Waals surface area contributed by atoms with Crippen molar-refractivity contribution in [3.8, 4) is 10.6 Å². The molecule has 0 aromatic carbocycles. The van der Waals surface area contributed by atoms with Crippen molar-refractivity contribution in [1.82, 2.24) is 20.1 Å². The summed E-state index contributed by atoms with van der Waals surface area (Å²) in [6.07, 6.45) is 3.34. The lowest BCUT2D eigenvalue weighted by atomic mass is 10.2. The molecule has 0 radical (unpaired) electrons. The molecule has 0 saturated carbocycles. The molecule has 2 aromatic heterocycles. The molecular formula is C18H23ClN6O2S. The van der Waals surface area contributed by atoms with Gasteiger partial charge in [0.1, 0.15) is 10.8 Å². The third kappa shape index (κ3) is 3.73. The molecule has 2 aliphatic rings. The first kappa shape index (κ1) is 19.2. The van der Waals surface area contributed by atoms with E-state index in [9.17, 15) is 4.79 Å². The van der Waals surface area contributed by atoms with Crippen LogP contribution in [0.15, 0.2) is 12.3 Å². The molecule has 1 amide bonds. The highest BCUT2D eigenvalue weighted by Gasteiger charge is 2.45. The number of halogens is 1. The Morgan fingerprint density at radius 2 is 1.96 bits per heavy atom. The van der Waals surface area contributed by atoms with E-state index in [1.54, 1.807) is 12.3 Å². The number of ether oxygens (including phenoxy) is 1. The number of rotatable bonds is 2. The van der Waals surface area contributed by atoms with Crippen molar-refractivity contribution in [3.63, 3.8) is 0 Å². The second-order valence-corrected chi connectivity index (χ2v) is 9.50. The van der Waals surface area contributed by atoms with E-state index < -0.39 is 5.60 Å². The summed E-state index contributed by atoms with van der Waals surface area (Å²) in [6.45, 7) is 7.12. The Morgan fingerprint density at radius 1 is 1.29 bits per heavy atom. The predicted octanol–water partition coefficient (Wildman–Crippen LogP) is 3.42. The molecule has 2 saturated heterocycles. The van der Waals surface area contributed by atoms with Gasteiger partial charge in [-0.05, 0) is 39.7 Å². The van der Waals surface area contributed by atoms with Gasteiger partial charge in [0.05, 0.1) is 17.6 Å². The number of hydrogen-bond acceptors (Lipinski definition) is 8. The highest BCUT2D eigenvalue weighted by molar-refractivity contribution is 7.18. The maximum atomic E-state index is 12.6. The number of amides is 1. The largest absolute Gasteiger partial charge is 0.444 e. The fourth-order valence-corrected chi connectivity index (χ4v) is 4.81. The van der Waals surface area contributed by atoms with E-state index >= 15 is 0 Å². The van der Waals surface area contributed by atoms with Crippen LogP contribution in [0, 0.1) is 0 Å². The molecule has 150 valence electrons. The zero-order chi connectivity index (χ0) is 20.1. The summed E-state index contributed by atoms with van der Waals surface area (Å²) in [7, 11) is 0. The third-order valence-electron chi connectivity index (χ3n) is 4.90. The van der Waals surface area contributed by atoms with Gasteiger partial charge in [-0.15, -0.1) is 10.2 Å². The van der Waals surface area contributed by atoms with Crippen LogP contribution in [-0.2, 0) is 4.74 Å². The highest BCUT2D eigenvalue weighted by atomic mass is 35.5. The number of pyridine rings is 1. The first-order chi connectivity index (χ1) is 13.2. The van der Waals surface area contributed by atoms with E-state index in [2.05, 4.69) is 20.1 Å². The standard InChI is InChI=1S/C18H23ClN6O2S/c1-18(2,3)27-17(26)25-10-4-5-11(25)9-24(8-10)16-23-22-15(28-16)12-7-21-14(19)6-13(12)20/h6-7,10-11H,4-5,8-9H2,1-3H3,(H2,20,21). The van der Waals surface area contributed by atoms with Crippen LogP contribution in [0.3, 0.4) is 0 Å². The lowest BCUT2D eigenvalue weighted by Gasteiger charge is -2.41. The number of hydrogen-bond donors (Lipinski definition) is 1. The maximum Gasteiger partial charge on any atom is 0.410 e. The molecule has 10 heteroatoms. The van der Waals surface area contributed by atoms with E-state index in [4.69, 9.17) is 22.1 Å². The normalized spacial score (nSPS) is 21.9. The molecule has 2 atom stereocenters. The topological polar surface area (TPSA) is 97.5 Å². The molecule has 2 fully saturated rings. The fourth-order valence-electron chi connectivity index (χ4n) is 3.75. The Bertz CT molecular complexity index is 884. The van der Waals surface area contributed by atoms with Gasteiger partial charge in [-0.2, -0.15) is 0 Å². The Kier molecular flexibility index (Phi) is 4.83. The van der Waals surface area contributed by atoms with Gasteiger partial charge in [-0.1, -0.05) is 22.9 Å². The smallest absolute Gasteiger partial charge is 0.410 e. The van der Waals surface area contributed by atoms with Gasteiger partial charge in [0.2, 0.25) is 5.13 Å². The van der Waals surface area contributed by atoms with Crippen LogP contribution in [0.4, 0.5) is 15.6 Å². The number of carbonyl (C=O) groups excluding carboxylic acids is 1. The minimum atomic E-state index is -0.492. The van der Waals surface area contributed by atoms with E-state index in [-0.39, 0.29) is 18.2 Å². The zero-order valence-corrected chi connectivity index (χ0v) is 17.6. The third-order valence-corrected chi connectivity index (χ3v) is 6.13. The molecule has 2 unspecified atom stereocenters. The van der Waals surface area contributed by atoms with Crippen LogP contribution in [0.25, 0.3) is 10.6 Å².